The van der Waals surface area contributed by atoms with E-state index in [1.807, 2.05) is 0 Å². The lowest BCUT2D eigenvalue weighted by molar-refractivity contribution is -0.137. The number of carboxylic acid groups (broad SMARTS) is 1. The number of carbonyl (C=O) groups is 2. The van der Waals surface area contributed by atoms with Crippen LogP contribution in [0.25, 0.3) is 0 Å². The molecule has 0 spiro atoms. The molecule has 1 heterocycles. The lowest BCUT2D eigenvalue weighted by Crippen LogP contribution is -2.44. The number of amides is 2. The Labute approximate surface area is 138 Å². The van der Waals surface area contributed by atoms with Gasteiger partial charge in [-0.05, 0) is 24.1 Å². The second-order valence-corrected chi connectivity index (χ2v) is 5.78. The Hall–Kier alpha value is -1.86. The van der Waals surface area contributed by atoms with E-state index < -0.39 is 17.9 Å². The number of nitrogens with one attached hydrogen (secondary N) is 1. The van der Waals surface area contributed by atoms with Crippen LogP contribution in [0.5, 0.6) is 0 Å². The number of urea groups is 1. The molecule has 1 fully saturated rings. The first-order valence-electron chi connectivity index (χ1n) is 7.18. The molecule has 2 amide bonds. The minimum absolute atomic E-state index is 0.0285. The Kier molecular flexibility index (Phi) is 5.79. The van der Waals surface area contributed by atoms with Gasteiger partial charge in [0.2, 0.25) is 0 Å². The Morgan fingerprint density at radius 2 is 2.26 bits per heavy atom. The summed E-state index contributed by atoms with van der Waals surface area (Å²) in [5.74, 6) is -1.51. The molecular weight excluding hydrogens is 327 g/mol. The molecule has 1 saturated heterocycles. The minimum atomic E-state index is -0.969. The molecule has 0 aliphatic carbocycles. The van der Waals surface area contributed by atoms with E-state index in [0.717, 1.165) is 0 Å². The van der Waals surface area contributed by atoms with Gasteiger partial charge in [0, 0.05) is 20.2 Å². The van der Waals surface area contributed by atoms with Crippen LogP contribution in [0.1, 0.15) is 24.5 Å². The van der Waals surface area contributed by atoms with Crippen LogP contribution in [-0.4, -0.2) is 48.2 Å². The van der Waals surface area contributed by atoms with Crippen LogP contribution in [0.3, 0.4) is 0 Å². The zero-order valence-electron chi connectivity index (χ0n) is 12.6. The molecule has 8 heteroatoms. The molecule has 0 bridgehead atoms. The average Bonchev–Trinajstić information content (AvgIpc) is 2.95. The number of carbonyl (C=O) groups excluding carboxylic acids is 1. The van der Waals surface area contributed by atoms with Crippen LogP contribution in [0, 0.1) is 5.82 Å². The highest BCUT2D eigenvalue weighted by Gasteiger charge is 2.32. The first kappa shape index (κ1) is 17.5. The Bertz CT molecular complexity index is 599. The van der Waals surface area contributed by atoms with E-state index in [9.17, 15) is 14.0 Å². The molecule has 2 rings (SSSR count). The van der Waals surface area contributed by atoms with Gasteiger partial charge in [-0.3, -0.25) is 4.79 Å². The third kappa shape index (κ3) is 4.56. The fourth-order valence-electron chi connectivity index (χ4n) is 2.39. The van der Waals surface area contributed by atoms with Crippen molar-refractivity contribution in [3.63, 3.8) is 0 Å². The summed E-state index contributed by atoms with van der Waals surface area (Å²) < 4.78 is 19.2. The van der Waals surface area contributed by atoms with Crippen LogP contribution in [0.15, 0.2) is 18.2 Å². The highest BCUT2D eigenvalue weighted by atomic mass is 35.5. The smallest absolute Gasteiger partial charge is 0.317 e. The van der Waals surface area contributed by atoms with Crippen molar-refractivity contribution in [1.82, 2.24) is 10.2 Å². The highest BCUT2D eigenvalue weighted by molar-refractivity contribution is 6.30. The van der Waals surface area contributed by atoms with E-state index >= 15 is 0 Å². The molecule has 0 saturated carbocycles. The van der Waals surface area contributed by atoms with Crippen LogP contribution in [-0.2, 0) is 9.53 Å². The maximum atomic E-state index is 13.6. The Balaban J connectivity index is 1.99. The second kappa shape index (κ2) is 7.61. The Morgan fingerprint density at radius 3 is 2.91 bits per heavy atom. The van der Waals surface area contributed by atoms with Gasteiger partial charge in [0.05, 0.1) is 17.5 Å². The van der Waals surface area contributed by atoms with Gasteiger partial charge >= 0.3 is 12.0 Å². The topological polar surface area (TPSA) is 78.9 Å². The van der Waals surface area contributed by atoms with E-state index in [-0.39, 0.29) is 30.1 Å². The zero-order valence-corrected chi connectivity index (χ0v) is 13.3. The molecule has 1 aliphatic rings. The molecule has 126 valence electrons. The van der Waals surface area contributed by atoms with Crippen molar-refractivity contribution in [2.24, 2.45) is 0 Å². The average molecular weight is 345 g/mol. The number of nitrogens with zero attached hydrogens (tertiary/aromatic N) is 1. The molecule has 0 aromatic heterocycles. The van der Waals surface area contributed by atoms with Gasteiger partial charge in [-0.2, -0.15) is 0 Å². The first-order valence-corrected chi connectivity index (χ1v) is 7.56. The third-order valence-corrected chi connectivity index (χ3v) is 3.99. The minimum Gasteiger partial charge on any atom is -0.481 e. The van der Waals surface area contributed by atoms with Crippen molar-refractivity contribution in [2.75, 3.05) is 20.2 Å². The second-order valence-electron chi connectivity index (χ2n) is 5.37. The molecule has 1 aromatic rings. The maximum absolute atomic E-state index is 13.6. The van der Waals surface area contributed by atoms with Crippen molar-refractivity contribution in [2.45, 2.75) is 25.0 Å². The summed E-state index contributed by atoms with van der Waals surface area (Å²) in [4.78, 5) is 23.9. The molecule has 0 radical (unpaired) electrons. The standard InChI is InChI=1S/C15H18ClFN2O4/c1-19(6-4-13(20)21)15(22)18-12-5-7-23-14(12)9-2-3-10(16)11(17)8-9/h2-3,8,12,14H,4-7H2,1H3,(H,18,22)(H,20,21). The fraction of sp³-hybridized carbons (Fsp3) is 0.467. The van der Waals surface area contributed by atoms with E-state index in [2.05, 4.69) is 5.32 Å². The SMILES string of the molecule is CN(CCC(=O)O)C(=O)NC1CCOC1c1ccc(Cl)c(F)c1. The molecule has 23 heavy (non-hydrogen) atoms. The fourth-order valence-corrected chi connectivity index (χ4v) is 2.51. The number of ether oxygens (including phenoxy) is 1. The van der Waals surface area contributed by atoms with Crippen LogP contribution < -0.4 is 5.32 Å². The van der Waals surface area contributed by atoms with Crippen LogP contribution in [0.4, 0.5) is 9.18 Å². The van der Waals surface area contributed by atoms with Crippen molar-refractivity contribution in [3.05, 3.63) is 34.6 Å². The van der Waals surface area contributed by atoms with Gasteiger partial charge in [0.1, 0.15) is 11.9 Å². The summed E-state index contributed by atoms with van der Waals surface area (Å²) in [6.45, 7) is 0.549. The summed E-state index contributed by atoms with van der Waals surface area (Å²) in [5.41, 5.74) is 0.600. The van der Waals surface area contributed by atoms with Gasteiger partial charge in [0.15, 0.2) is 0 Å². The predicted octanol–water partition coefficient (Wildman–Crippen LogP) is 2.43. The van der Waals surface area contributed by atoms with Crippen LogP contribution in [0.2, 0.25) is 5.02 Å². The third-order valence-electron chi connectivity index (χ3n) is 3.68. The number of hydrogen-bond acceptors (Lipinski definition) is 3. The monoisotopic (exact) mass is 344 g/mol. The van der Waals surface area contributed by atoms with Crippen LogP contribution >= 0.6 is 11.6 Å². The van der Waals surface area contributed by atoms with E-state index in [0.29, 0.717) is 18.6 Å². The molecule has 2 atom stereocenters. The summed E-state index contributed by atoms with van der Waals surface area (Å²) in [6.07, 6.45) is 0.00299. The van der Waals surface area contributed by atoms with E-state index in [1.54, 1.807) is 6.07 Å². The maximum Gasteiger partial charge on any atom is 0.317 e. The lowest BCUT2D eigenvalue weighted by atomic mass is 10.0. The number of rotatable bonds is 5. The predicted molar refractivity (Wildman–Crippen MR) is 81.9 cm³/mol. The summed E-state index contributed by atoms with van der Waals surface area (Å²) in [6, 6.07) is 3.71. The quantitative estimate of drug-likeness (QED) is 0.859. The summed E-state index contributed by atoms with van der Waals surface area (Å²) in [7, 11) is 1.52. The number of hydrogen-bond donors (Lipinski definition) is 2. The van der Waals surface area contributed by atoms with E-state index in [1.165, 1.54) is 24.1 Å². The normalized spacial score (nSPS) is 20.3. The van der Waals surface area contributed by atoms with E-state index in [4.69, 9.17) is 21.4 Å². The van der Waals surface area contributed by atoms with Gasteiger partial charge in [0.25, 0.3) is 0 Å². The molecule has 1 aliphatic heterocycles. The molecule has 2 N–H and O–H groups in total. The number of benzene rings is 1. The van der Waals surface area contributed by atoms with Gasteiger partial charge < -0.3 is 20.1 Å². The summed E-state index contributed by atoms with van der Waals surface area (Å²) in [5, 5.41) is 11.5. The molecular formula is C15H18ClFN2O4. The van der Waals surface area contributed by atoms with Crippen molar-refractivity contribution < 1.29 is 23.8 Å². The van der Waals surface area contributed by atoms with Gasteiger partial charge in [-0.15, -0.1) is 0 Å². The first-order chi connectivity index (χ1) is 10.9. The van der Waals surface area contributed by atoms with Gasteiger partial charge in [-0.25, -0.2) is 9.18 Å². The lowest BCUT2D eigenvalue weighted by Gasteiger charge is -2.24. The molecule has 1 aromatic carbocycles. The zero-order chi connectivity index (χ0) is 17.0. The summed E-state index contributed by atoms with van der Waals surface area (Å²) >= 11 is 5.67. The van der Waals surface area contributed by atoms with Crippen molar-refractivity contribution in [3.8, 4) is 0 Å². The highest BCUT2D eigenvalue weighted by Crippen LogP contribution is 2.31. The van der Waals surface area contributed by atoms with Crippen molar-refractivity contribution >= 4 is 23.6 Å². The number of aliphatic carboxylic acids is 1. The molecule has 2 unspecified atom stereocenters. The number of halogens is 2. The largest absolute Gasteiger partial charge is 0.481 e. The van der Waals surface area contributed by atoms with Crippen molar-refractivity contribution in [1.29, 1.82) is 0 Å². The number of carboxylic acids is 1. The molecule has 6 nitrogen and oxygen atoms in total. The van der Waals surface area contributed by atoms with Gasteiger partial charge in [-0.1, -0.05) is 17.7 Å². The Morgan fingerprint density at radius 1 is 1.52 bits per heavy atom.